The zero-order valence-electron chi connectivity index (χ0n) is 12.0. The summed E-state index contributed by atoms with van der Waals surface area (Å²) in [6, 6.07) is 9.31. The van der Waals surface area contributed by atoms with Gasteiger partial charge in [-0.05, 0) is 26.0 Å². The average Bonchev–Trinajstić information content (AvgIpc) is 2.46. The van der Waals surface area contributed by atoms with Crippen LogP contribution in [0.3, 0.4) is 0 Å². The molecule has 1 aromatic carbocycles. The second kappa shape index (κ2) is 8.96. The second-order valence-electron chi connectivity index (χ2n) is 4.12. The second-order valence-corrected chi connectivity index (χ2v) is 4.12. The first-order chi connectivity index (χ1) is 9.67. The van der Waals surface area contributed by atoms with Crippen molar-refractivity contribution >= 4 is 11.9 Å². The lowest BCUT2D eigenvalue weighted by atomic mass is 10.3. The van der Waals surface area contributed by atoms with Gasteiger partial charge in [-0.2, -0.15) is 0 Å². The van der Waals surface area contributed by atoms with Gasteiger partial charge in [0, 0.05) is 6.54 Å². The zero-order valence-corrected chi connectivity index (χ0v) is 12.0. The van der Waals surface area contributed by atoms with Crippen LogP contribution < -0.4 is 4.74 Å². The van der Waals surface area contributed by atoms with Gasteiger partial charge in [0.15, 0.2) is 0 Å². The van der Waals surface area contributed by atoms with Gasteiger partial charge in [-0.3, -0.25) is 9.59 Å². The molecule has 0 fully saturated rings. The van der Waals surface area contributed by atoms with E-state index in [1.165, 1.54) is 4.90 Å². The molecule has 0 unspecified atom stereocenters. The summed E-state index contributed by atoms with van der Waals surface area (Å²) in [5, 5.41) is 0. The summed E-state index contributed by atoms with van der Waals surface area (Å²) in [6.07, 6.45) is 0.238. The molecule has 20 heavy (non-hydrogen) atoms. The summed E-state index contributed by atoms with van der Waals surface area (Å²) < 4.78 is 10.3. The Kier molecular flexibility index (Phi) is 7.17. The number of hydrogen-bond acceptors (Lipinski definition) is 4. The van der Waals surface area contributed by atoms with Crippen LogP contribution in [0, 0.1) is 0 Å². The van der Waals surface area contributed by atoms with Gasteiger partial charge >= 0.3 is 5.97 Å². The van der Waals surface area contributed by atoms with Gasteiger partial charge in [0.1, 0.15) is 12.3 Å². The van der Waals surface area contributed by atoms with Crippen molar-refractivity contribution in [2.75, 3.05) is 26.3 Å². The number of carbonyl (C=O) groups is 2. The highest BCUT2D eigenvalue weighted by atomic mass is 16.5. The molecule has 0 spiro atoms. The molecule has 1 aromatic rings. The molecule has 0 heterocycles. The van der Waals surface area contributed by atoms with Crippen molar-refractivity contribution < 1.29 is 19.1 Å². The van der Waals surface area contributed by atoms with Gasteiger partial charge in [0.25, 0.3) is 0 Å². The van der Waals surface area contributed by atoms with Gasteiger partial charge in [-0.1, -0.05) is 18.2 Å². The number of hydrogen-bond donors (Lipinski definition) is 0. The van der Waals surface area contributed by atoms with Crippen LogP contribution in [0.1, 0.15) is 20.3 Å². The molecule has 0 bridgehead atoms. The standard InChI is InChI=1S/C15H21NO4/c1-3-16(12-15(18)19-4-2)14(17)10-11-20-13-8-6-5-7-9-13/h5-9H,3-4,10-12H2,1-2H3. The monoisotopic (exact) mass is 279 g/mol. The minimum absolute atomic E-state index is 0.00545. The maximum Gasteiger partial charge on any atom is 0.325 e. The summed E-state index contributed by atoms with van der Waals surface area (Å²) in [6.45, 7) is 4.65. The SMILES string of the molecule is CCOC(=O)CN(CC)C(=O)CCOc1ccccc1. The lowest BCUT2D eigenvalue weighted by Crippen LogP contribution is -2.36. The zero-order chi connectivity index (χ0) is 14.8. The van der Waals surface area contributed by atoms with Gasteiger partial charge in [0.05, 0.1) is 19.6 Å². The Balaban J connectivity index is 2.34. The third-order valence-electron chi connectivity index (χ3n) is 2.69. The molecule has 0 radical (unpaired) electrons. The van der Waals surface area contributed by atoms with Gasteiger partial charge in [-0.25, -0.2) is 0 Å². The molecule has 5 heteroatoms. The third kappa shape index (κ3) is 5.73. The van der Waals surface area contributed by atoms with E-state index in [1.807, 2.05) is 37.3 Å². The number of ether oxygens (including phenoxy) is 2. The van der Waals surface area contributed by atoms with Gasteiger partial charge in [-0.15, -0.1) is 0 Å². The number of amides is 1. The fraction of sp³-hybridized carbons (Fsp3) is 0.467. The van der Waals surface area contributed by atoms with E-state index in [0.29, 0.717) is 19.8 Å². The van der Waals surface area contributed by atoms with E-state index in [2.05, 4.69) is 0 Å². The largest absolute Gasteiger partial charge is 0.493 e. The topological polar surface area (TPSA) is 55.8 Å². The smallest absolute Gasteiger partial charge is 0.325 e. The molecule has 0 saturated carbocycles. The van der Waals surface area contributed by atoms with Crippen molar-refractivity contribution in [1.29, 1.82) is 0 Å². The molecule has 0 aromatic heterocycles. The first-order valence-corrected chi connectivity index (χ1v) is 6.78. The van der Waals surface area contributed by atoms with Crippen LogP contribution in [0.4, 0.5) is 0 Å². The van der Waals surface area contributed by atoms with Crippen LogP contribution in [-0.2, 0) is 14.3 Å². The molecule has 0 aliphatic rings. The highest BCUT2D eigenvalue weighted by molar-refractivity contribution is 5.82. The van der Waals surface area contributed by atoms with Crippen LogP contribution in [0.2, 0.25) is 0 Å². The lowest BCUT2D eigenvalue weighted by molar-refractivity contribution is -0.149. The van der Waals surface area contributed by atoms with Crippen molar-refractivity contribution in [2.45, 2.75) is 20.3 Å². The number of nitrogens with zero attached hydrogens (tertiary/aromatic N) is 1. The van der Waals surface area contributed by atoms with E-state index in [0.717, 1.165) is 5.75 Å². The summed E-state index contributed by atoms with van der Waals surface area (Å²) in [5.41, 5.74) is 0. The summed E-state index contributed by atoms with van der Waals surface area (Å²) >= 11 is 0. The predicted octanol–water partition coefficient (Wildman–Crippen LogP) is 1.87. The Labute approximate surface area is 119 Å². The van der Waals surface area contributed by atoms with Crippen LogP contribution in [-0.4, -0.2) is 43.1 Å². The van der Waals surface area contributed by atoms with E-state index in [4.69, 9.17) is 9.47 Å². The van der Waals surface area contributed by atoms with Crippen LogP contribution in [0.15, 0.2) is 30.3 Å². The lowest BCUT2D eigenvalue weighted by Gasteiger charge is -2.19. The van der Waals surface area contributed by atoms with Crippen LogP contribution in [0.5, 0.6) is 5.75 Å². The summed E-state index contributed by atoms with van der Waals surface area (Å²) in [4.78, 5) is 24.8. The minimum atomic E-state index is -0.383. The number of benzene rings is 1. The number of rotatable bonds is 8. The molecule has 0 N–H and O–H groups in total. The van der Waals surface area contributed by atoms with Crippen molar-refractivity contribution in [3.05, 3.63) is 30.3 Å². The molecular weight excluding hydrogens is 258 g/mol. The predicted molar refractivity (Wildman–Crippen MR) is 75.4 cm³/mol. The van der Waals surface area contributed by atoms with Crippen molar-refractivity contribution in [3.63, 3.8) is 0 Å². The maximum atomic E-state index is 11.9. The number of esters is 1. The Morgan fingerprint density at radius 1 is 1.15 bits per heavy atom. The summed E-state index contributed by atoms with van der Waals surface area (Å²) in [5.74, 6) is 0.233. The Morgan fingerprint density at radius 3 is 2.45 bits per heavy atom. The first kappa shape index (κ1) is 16.0. The minimum Gasteiger partial charge on any atom is -0.493 e. The molecule has 5 nitrogen and oxygen atoms in total. The quantitative estimate of drug-likeness (QED) is 0.682. The summed E-state index contributed by atoms with van der Waals surface area (Å²) in [7, 11) is 0. The Hall–Kier alpha value is -2.04. The molecule has 0 saturated heterocycles. The van der Waals surface area contributed by atoms with Crippen molar-refractivity contribution in [2.24, 2.45) is 0 Å². The van der Waals surface area contributed by atoms with Crippen LogP contribution in [0.25, 0.3) is 0 Å². The fourth-order valence-electron chi connectivity index (χ4n) is 1.67. The van der Waals surface area contributed by atoms with Crippen molar-refractivity contribution in [1.82, 2.24) is 4.90 Å². The Morgan fingerprint density at radius 2 is 1.85 bits per heavy atom. The van der Waals surface area contributed by atoms with Crippen molar-refractivity contribution in [3.8, 4) is 5.75 Å². The van der Waals surface area contributed by atoms with E-state index in [-0.39, 0.29) is 24.8 Å². The molecule has 1 rings (SSSR count). The maximum absolute atomic E-state index is 11.9. The van der Waals surface area contributed by atoms with E-state index >= 15 is 0 Å². The average molecular weight is 279 g/mol. The van der Waals surface area contributed by atoms with E-state index in [9.17, 15) is 9.59 Å². The number of likely N-dealkylation sites (N-methyl/N-ethyl adjacent to an activating group) is 1. The van der Waals surface area contributed by atoms with E-state index < -0.39 is 0 Å². The number of para-hydroxylation sites is 1. The normalized spacial score (nSPS) is 9.90. The van der Waals surface area contributed by atoms with Gasteiger partial charge < -0.3 is 14.4 Å². The first-order valence-electron chi connectivity index (χ1n) is 6.78. The molecule has 0 aliphatic heterocycles. The van der Waals surface area contributed by atoms with Gasteiger partial charge in [0.2, 0.25) is 5.91 Å². The molecule has 1 amide bonds. The third-order valence-corrected chi connectivity index (χ3v) is 2.69. The molecular formula is C15H21NO4. The van der Waals surface area contributed by atoms with E-state index in [1.54, 1.807) is 6.92 Å². The molecule has 0 aliphatic carbocycles. The highest BCUT2D eigenvalue weighted by Gasteiger charge is 2.15. The highest BCUT2D eigenvalue weighted by Crippen LogP contribution is 2.08. The molecule has 0 atom stereocenters. The molecule has 110 valence electrons. The Bertz CT molecular complexity index is 419. The van der Waals surface area contributed by atoms with Crippen LogP contribution >= 0.6 is 0 Å². The number of carbonyl (C=O) groups excluding carboxylic acids is 2. The fourth-order valence-corrected chi connectivity index (χ4v) is 1.67.